The van der Waals surface area contributed by atoms with E-state index in [4.69, 9.17) is 5.41 Å². The minimum Gasteiger partial charge on any atom is -0.304 e. The molecule has 0 aromatic heterocycles. The molecular weight excluding hydrogens is 94.1 g/mol. The minimum absolute atomic E-state index is 0.736. The summed E-state index contributed by atoms with van der Waals surface area (Å²) in [6.45, 7) is 0. The van der Waals surface area contributed by atoms with Gasteiger partial charge in [-0.3, -0.25) is 0 Å². The van der Waals surface area contributed by atoms with Crippen molar-refractivity contribution in [1.29, 1.82) is 5.41 Å². The highest BCUT2D eigenvalue weighted by Gasteiger charge is 1.94. The van der Waals surface area contributed by atoms with Crippen LogP contribution < -0.4 is 0 Å². The van der Waals surface area contributed by atoms with E-state index in [9.17, 15) is 0 Å². The standard InChI is InChI=1S/C4H5NS/c5-4-1-2-6-3-4/h1-2,5H,3H2. The molecule has 1 nitrogen and oxygen atoms in total. The van der Waals surface area contributed by atoms with Gasteiger partial charge in [-0.2, -0.15) is 0 Å². The average Bonchev–Trinajstić information content (AvgIpc) is 1.86. The van der Waals surface area contributed by atoms with E-state index in [1.54, 1.807) is 11.8 Å². The smallest absolute Gasteiger partial charge is 0.0421 e. The average molecular weight is 99.2 g/mol. The number of nitrogens with one attached hydrogen (secondary N) is 1. The Balaban J connectivity index is 2.59. The largest absolute Gasteiger partial charge is 0.304 e. The first-order valence-electron chi connectivity index (χ1n) is 1.75. The van der Waals surface area contributed by atoms with Gasteiger partial charge in [0.2, 0.25) is 0 Å². The molecule has 1 N–H and O–H groups in total. The molecule has 2 heteroatoms. The molecule has 0 saturated carbocycles. The van der Waals surface area contributed by atoms with Crippen LogP contribution in [-0.2, 0) is 0 Å². The van der Waals surface area contributed by atoms with Crippen molar-refractivity contribution in [3.05, 3.63) is 11.5 Å². The Bertz CT molecular complexity index is 95.7. The maximum atomic E-state index is 6.94. The maximum absolute atomic E-state index is 6.94. The number of thioether (sulfide) groups is 1. The van der Waals surface area contributed by atoms with Gasteiger partial charge in [0, 0.05) is 11.5 Å². The van der Waals surface area contributed by atoms with Gasteiger partial charge >= 0.3 is 0 Å². The fourth-order valence-corrected chi connectivity index (χ4v) is 0.949. The zero-order chi connectivity index (χ0) is 4.41. The quantitative estimate of drug-likeness (QED) is 0.485. The first-order chi connectivity index (χ1) is 2.89. The Morgan fingerprint density at radius 1 is 1.83 bits per heavy atom. The first-order valence-corrected chi connectivity index (χ1v) is 2.80. The topological polar surface area (TPSA) is 23.9 Å². The van der Waals surface area contributed by atoms with E-state index in [1.165, 1.54) is 0 Å². The van der Waals surface area contributed by atoms with Crippen LogP contribution in [0.1, 0.15) is 0 Å². The zero-order valence-corrected chi connectivity index (χ0v) is 4.09. The molecule has 0 amide bonds. The van der Waals surface area contributed by atoms with Gasteiger partial charge in [-0.15, -0.1) is 11.8 Å². The van der Waals surface area contributed by atoms with Crippen LogP contribution in [0.4, 0.5) is 0 Å². The molecule has 0 saturated heterocycles. The second-order valence-corrected chi connectivity index (χ2v) is 2.03. The van der Waals surface area contributed by atoms with Gasteiger partial charge in [-0.25, -0.2) is 0 Å². The van der Waals surface area contributed by atoms with E-state index in [1.807, 2.05) is 11.5 Å². The Morgan fingerprint density at radius 2 is 2.67 bits per heavy atom. The summed E-state index contributed by atoms with van der Waals surface area (Å²) in [4.78, 5) is 0. The predicted octanol–water partition coefficient (Wildman–Crippen LogP) is 1.27. The molecule has 1 heterocycles. The summed E-state index contributed by atoms with van der Waals surface area (Å²) in [6.07, 6.45) is 1.82. The van der Waals surface area contributed by atoms with Crippen LogP contribution >= 0.6 is 11.8 Å². The second-order valence-electron chi connectivity index (χ2n) is 1.14. The van der Waals surface area contributed by atoms with E-state index in [0.717, 1.165) is 11.5 Å². The number of hydrogen-bond acceptors (Lipinski definition) is 2. The van der Waals surface area contributed by atoms with E-state index in [2.05, 4.69) is 0 Å². The predicted molar refractivity (Wildman–Crippen MR) is 29.3 cm³/mol. The Morgan fingerprint density at radius 3 is 2.83 bits per heavy atom. The highest BCUT2D eigenvalue weighted by atomic mass is 32.2. The molecule has 6 heavy (non-hydrogen) atoms. The minimum atomic E-state index is 0.736. The number of allylic oxidation sites excluding steroid dienone is 1. The van der Waals surface area contributed by atoms with Gasteiger partial charge in [-0.05, 0) is 11.5 Å². The highest BCUT2D eigenvalue weighted by molar-refractivity contribution is 8.03. The van der Waals surface area contributed by atoms with Gasteiger partial charge in [0.05, 0.1) is 0 Å². The molecule has 1 aliphatic heterocycles. The zero-order valence-electron chi connectivity index (χ0n) is 3.27. The van der Waals surface area contributed by atoms with Gasteiger partial charge < -0.3 is 5.41 Å². The molecule has 0 fully saturated rings. The SMILES string of the molecule is N=C1C=CSC1. The van der Waals surface area contributed by atoms with Crippen LogP contribution in [0, 0.1) is 5.41 Å². The lowest BCUT2D eigenvalue weighted by Crippen LogP contribution is -1.84. The fraction of sp³-hybridized carbons (Fsp3) is 0.250. The normalized spacial score (nSPS) is 19.7. The van der Waals surface area contributed by atoms with Crippen LogP contribution in [0.2, 0.25) is 0 Å². The summed E-state index contributed by atoms with van der Waals surface area (Å²) in [5.41, 5.74) is 0.736. The lowest BCUT2D eigenvalue weighted by Gasteiger charge is -1.75. The Hall–Kier alpha value is -0.240. The number of rotatable bonds is 0. The Kier molecular flexibility index (Phi) is 0.965. The van der Waals surface area contributed by atoms with Crippen LogP contribution in [0.5, 0.6) is 0 Å². The lowest BCUT2D eigenvalue weighted by atomic mass is 10.4. The Labute approximate surface area is 40.9 Å². The van der Waals surface area contributed by atoms with Crippen molar-refractivity contribution >= 4 is 17.5 Å². The van der Waals surface area contributed by atoms with E-state index in [-0.39, 0.29) is 0 Å². The first kappa shape index (κ1) is 3.93. The molecule has 0 aromatic carbocycles. The van der Waals surface area contributed by atoms with Crippen LogP contribution in [0.25, 0.3) is 0 Å². The molecule has 1 rings (SSSR count). The summed E-state index contributed by atoms with van der Waals surface area (Å²) in [7, 11) is 0. The van der Waals surface area contributed by atoms with Crippen molar-refractivity contribution in [1.82, 2.24) is 0 Å². The molecule has 32 valence electrons. The molecule has 0 bridgehead atoms. The molecule has 0 aromatic rings. The number of hydrogen-bond donors (Lipinski definition) is 1. The third-order valence-corrected chi connectivity index (χ3v) is 1.41. The van der Waals surface area contributed by atoms with Crippen molar-refractivity contribution in [2.75, 3.05) is 5.75 Å². The van der Waals surface area contributed by atoms with Crippen LogP contribution in [-0.4, -0.2) is 11.5 Å². The maximum Gasteiger partial charge on any atom is 0.0421 e. The molecule has 0 unspecified atom stereocenters. The van der Waals surface area contributed by atoms with Gasteiger partial charge in [0.1, 0.15) is 0 Å². The van der Waals surface area contributed by atoms with Crippen LogP contribution in [0.15, 0.2) is 11.5 Å². The van der Waals surface area contributed by atoms with Gasteiger partial charge in [-0.1, -0.05) is 0 Å². The summed E-state index contributed by atoms with van der Waals surface area (Å²) in [5.74, 6) is 0.875. The van der Waals surface area contributed by atoms with E-state index >= 15 is 0 Å². The van der Waals surface area contributed by atoms with Crippen molar-refractivity contribution in [2.45, 2.75) is 0 Å². The second kappa shape index (κ2) is 1.47. The molecule has 0 radical (unpaired) electrons. The fourth-order valence-electron chi connectivity index (χ4n) is 0.316. The van der Waals surface area contributed by atoms with E-state index in [0.29, 0.717) is 0 Å². The van der Waals surface area contributed by atoms with Gasteiger partial charge in [0.25, 0.3) is 0 Å². The van der Waals surface area contributed by atoms with E-state index < -0.39 is 0 Å². The van der Waals surface area contributed by atoms with Crippen LogP contribution in [0.3, 0.4) is 0 Å². The highest BCUT2D eigenvalue weighted by Crippen LogP contribution is 2.09. The van der Waals surface area contributed by atoms with Crippen molar-refractivity contribution in [2.24, 2.45) is 0 Å². The molecule has 1 aliphatic rings. The molecule has 0 spiro atoms. The molecule has 0 aliphatic carbocycles. The third-order valence-electron chi connectivity index (χ3n) is 0.604. The summed E-state index contributed by atoms with van der Waals surface area (Å²) >= 11 is 1.68. The monoisotopic (exact) mass is 99.0 g/mol. The summed E-state index contributed by atoms with van der Waals surface area (Å²) in [6, 6.07) is 0. The lowest BCUT2D eigenvalue weighted by molar-refractivity contribution is 1.51. The van der Waals surface area contributed by atoms with Crippen molar-refractivity contribution in [3.63, 3.8) is 0 Å². The van der Waals surface area contributed by atoms with Crippen molar-refractivity contribution in [3.8, 4) is 0 Å². The summed E-state index contributed by atoms with van der Waals surface area (Å²) in [5, 5.41) is 8.89. The molecular formula is C4H5NS. The van der Waals surface area contributed by atoms with Gasteiger partial charge in [0.15, 0.2) is 0 Å². The summed E-state index contributed by atoms with van der Waals surface area (Å²) < 4.78 is 0. The molecule has 0 atom stereocenters. The van der Waals surface area contributed by atoms with Crippen molar-refractivity contribution < 1.29 is 0 Å². The third kappa shape index (κ3) is 0.627.